The summed E-state index contributed by atoms with van der Waals surface area (Å²) in [5.41, 5.74) is -1.06. The van der Waals surface area contributed by atoms with E-state index < -0.39 is 23.7 Å². The average Bonchev–Trinajstić information content (AvgIpc) is 2.89. The summed E-state index contributed by atoms with van der Waals surface area (Å²) in [5.74, 6) is -1.18. The first-order valence-electron chi connectivity index (χ1n) is 8.40. The molecule has 0 aromatic heterocycles. The van der Waals surface area contributed by atoms with Crippen molar-refractivity contribution in [2.24, 2.45) is 5.92 Å². The van der Waals surface area contributed by atoms with Gasteiger partial charge in [0.2, 0.25) is 5.91 Å². The molecule has 1 amide bonds. The van der Waals surface area contributed by atoms with E-state index in [1.807, 2.05) is 32.9 Å². The number of hydrogen-bond acceptors (Lipinski definition) is 4. The Labute approximate surface area is 138 Å². The summed E-state index contributed by atoms with van der Waals surface area (Å²) in [6.07, 6.45) is 6.12. The summed E-state index contributed by atoms with van der Waals surface area (Å²) in [6.45, 7) is 7.18. The molecule has 6 heteroatoms. The second kappa shape index (κ2) is 8.45. The van der Waals surface area contributed by atoms with Crippen LogP contribution in [-0.4, -0.2) is 45.8 Å². The zero-order valence-corrected chi connectivity index (χ0v) is 14.5. The van der Waals surface area contributed by atoms with Crippen molar-refractivity contribution >= 4 is 11.9 Å². The highest BCUT2D eigenvalue weighted by molar-refractivity contribution is 5.75. The van der Waals surface area contributed by atoms with Crippen LogP contribution >= 0.6 is 0 Å². The van der Waals surface area contributed by atoms with Crippen LogP contribution in [0, 0.1) is 5.92 Å². The number of aliphatic carboxylic acids is 1. The number of rotatable bonds is 8. The fourth-order valence-corrected chi connectivity index (χ4v) is 3.57. The zero-order valence-electron chi connectivity index (χ0n) is 14.5. The van der Waals surface area contributed by atoms with Gasteiger partial charge in [0, 0.05) is 13.0 Å². The molecule has 1 aliphatic heterocycles. The predicted octanol–water partition coefficient (Wildman–Crippen LogP) is 1.44. The third kappa shape index (κ3) is 4.78. The Balaban J connectivity index is 3.16. The Morgan fingerprint density at radius 2 is 2.09 bits per heavy atom. The van der Waals surface area contributed by atoms with Crippen molar-refractivity contribution in [1.29, 1.82) is 0 Å². The molecule has 1 rings (SSSR count). The first kappa shape index (κ1) is 19.6. The second-order valence-electron chi connectivity index (χ2n) is 6.39. The summed E-state index contributed by atoms with van der Waals surface area (Å²) >= 11 is 0. The lowest BCUT2D eigenvalue weighted by atomic mass is 9.79. The van der Waals surface area contributed by atoms with Crippen LogP contribution in [0.1, 0.15) is 53.4 Å². The summed E-state index contributed by atoms with van der Waals surface area (Å²) < 4.78 is 0. The van der Waals surface area contributed by atoms with E-state index in [-0.39, 0.29) is 17.9 Å². The Morgan fingerprint density at radius 3 is 2.52 bits per heavy atom. The second-order valence-corrected chi connectivity index (χ2v) is 6.39. The normalized spacial score (nSPS) is 28.5. The number of carbonyl (C=O) groups is 2. The van der Waals surface area contributed by atoms with E-state index in [4.69, 9.17) is 0 Å². The lowest BCUT2D eigenvalue weighted by Crippen LogP contribution is -2.62. The van der Waals surface area contributed by atoms with Gasteiger partial charge in [-0.05, 0) is 32.1 Å². The van der Waals surface area contributed by atoms with Gasteiger partial charge < -0.3 is 15.5 Å². The molecule has 0 unspecified atom stereocenters. The third-order valence-electron chi connectivity index (χ3n) is 4.69. The molecular formula is C17H30N2O4. The SMILES string of the molecule is C/C=C\[C@@H]1C[C@H](C(=O)O)N[C@H]1[C@@H](NC(C)=O)[C@@](O)(CC)CCC. The summed E-state index contributed by atoms with van der Waals surface area (Å²) in [4.78, 5) is 23.0. The maximum Gasteiger partial charge on any atom is 0.320 e. The van der Waals surface area contributed by atoms with Crippen LogP contribution in [0.4, 0.5) is 0 Å². The smallest absolute Gasteiger partial charge is 0.320 e. The molecule has 1 heterocycles. The first-order valence-corrected chi connectivity index (χ1v) is 8.40. The Kier molecular flexibility index (Phi) is 7.22. The number of aliphatic hydroxyl groups is 1. The molecule has 6 nitrogen and oxygen atoms in total. The molecule has 0 bridgehead atoms. The minimum Gasteiger partial charge on any atom is -0.480 e. The molecule has 1 fully saturated rings. The maximum absolute atomic E-state index is 11.7. The van der Waals surface area contributed by atoms with E-state index in [1.54, 1.807) is 0 Å². The van der Waals surface area contributed by atoms with Crippen LogP contribution in [0.3, 0.4) is 0 Å². The van der Waals surface area contributed by atoms with Crippen LogP contribution in [0.25, 0.3) is 0 Å². The van der Waals surface area contributed by atoms with E-state index in [9.17, 15) is 19.8 Å². The van der Waals surface area contributed by atoms with Crippen LogP contribution in [0.15, 0.2) is 12.2 Å². The molecule has 1 aliphatic rings. The minimum atomic E-state index is -1.06. The molecule has 0 spiro atoms. The standard InChI is InChI=1S/C17H30N2O4/c1-5-8-12-10-13(16(21)22)19-14(12)15(18-11(4)20)17(23,7-3)9-6-2/h5,8,12-15,19,23H,6-7,9-10H2,1-4H3,(H,18,20)(H,21,22)/b8-5-/t12-,13-,14-,15-,17-/m1/s1. The summed E-state index contributed by atoms with van der Waals surface area (Å²) in [7, 11) is 0. The van der Waals surface area contributed by atoms with E-state index >= 15 is 0 Å². The van der Waals surface area contributed by atoms with Gasteiger partial charge in [0.25, 0.3) is 0 Å². The van der Waals surface area contributed by atoms with Crippen LogP contribution in [0.2, 0.25) is 0 Å². The van der Waals surface area contributed by atoms with Gasteiger partial charge in [-0.2, -0.15) is 0 Å². The quantitative estimate of drug-likeness (QED) is 0.506. The highest BCUT2D eigenvalue weighted by Gasteiger charge is 2.47. The van der Waals surface area contributed by atoms with Crippen molar-refractivity contribution in [3.05, 3.63) is 12.2 Å². The van der Waals surface area contributed by atoms with Gasteiger partial charge in [-0.25, -0.2) is 0 Å². The topological polar surface area (TPSA) is 98.7 Å². The number of nitrogens with one attached hydrogen (secondary N) is 2. The number of hydrogen-bond donors (Lipinski definition) is 4. The zero-order chi connectivity index (χ0) is 17.6. The van der Waals surface area contributed by atoms with E-state index in [0.29, 0.717) is 19.3 Å². The van der Waals surface area contributed by atoms with Crippen LogP contribution in [0.5, 0.6) is 0 Å². The molecule has 132 valence electrons. The Hall–Kier alpha value is -1.40. The van der Waals surface area contributed by atoms with Gasteiger partial charge in [-0.15, -0.1) is 0 Å². The fourth-order valence-electron chi connectivity index (χ4n) is 3.57. The molecule has 5 atom stereocenters. The van der Waals surface area contributed by atoms with Gasteiger partial charge in [0.05, 0.1) is 11.6 Å². The molecule has 4 N–H and O–H groups in total. The largest absolute Gasteiger partial charge is 0.480 e. The molecular weight excluding hydrogens is 296 g/mol. The van der Waals surface area contributed by atoms with Crippen molar-refractivity contribution in [3.8, 4) is 0 Å². The van der Waals surface area contributed by atoms with Gasteiger partial charge >= 0.3 is 5.97 Å². The van der Waals surface area contributed by atoms with Gasteiger partial charge in [0.15, 0.2) is 0 Å². The Morgan fingerprint density at radius 1 is 1.43 bits per heavy atom. The fraction of sp³-hybridized carbons (Fsp3) is 0.765. The molecule has 0 aromatic carbocycles. The van der Waals surface area contributed by atoms with Crippen molar-refractivity contribution in [2.45, 2.75) is 77.1 Å². The number of carbonyl (C=O) groups excluding carboxylic acids is 1. The van der Waals surface area contributed by atoms with Crippen molar-refractivity contribution in [3.63, 3.8) is 0 Å². The third-order valence-corrected chi connectivity index (χ3v) is 4.69. The highest BCUT2D eigenvalue weighted by Crippen LogP contribution is 2.32. The van der Waals surface area contributed by atoms with E-state index in [2.05, 4.69) is 10.6 Å². The first-order chi connectivity index (χ1) is 10.8. The maximum atomic E-state index is 11.7. The molecule has 0 saturated carbocycles. The molecule has 0 aliphatic carbocycles. The molecule has 23 heavy (non-hydrogen) atoms. The lowest BCUT2D eigenvalue weighted by molar-refractivity contribution is -0.139. The van der Waals surface area contributed by atoms with Crippen molar-refractivity contribution in [1.82, 2.24) is 10.6 Å². The van der Waals surface area contributed by atoms with E-state index in [0.717, 1.165) is 6.42 Å². The minimum absolute atomic E-state index is 0.0483. The van der Waals surface area contributed by atoms with Crippen molar-refractivity contribution < 1.29 is 19.8 Å². The molecule has 0 aromatic rings. The predicted molar refractivity (Wildman–Crippen MR) is 89.0 cm³/mol. The number of allylic oxidation sites excluding steroid dienone is 1. The monoisotopic (exact) mass is 326 g/mol. The van der Waals surface area contributed by atoms with Gasteiger partial charge in [-0.1, -0.05) is 32.4 Å². The van der Waals surface area contributed by atoms with Crippen LogP contribution < -0.4 is 10.6 Å². The summed E-state index contributed by atoms with van der Waals surface area (Å²) in [6, 6.07) is -1.51. The van der Waals surface area contributed by atoms with Crippen LogP contribution in [-0.2, 0) is 9.59 Å². The Bertz CT molecular complexity index is 452. The lowest BCUT2D eigenvalue weighted by Gasteiger charge is -2.41. The molecule has 0 radical (unpaired) electrons. The number of carboxylic acid groups (broad SMARTS) is 1. The van der Waals surface area contributed by atoms with Gasteiger partial charge in [-0.3, -0.25) is 14.9 Å². The average molecular weight is 326 g/mol. The van der Waals surface area contributed by atoms with Crippen molar-refractivity contribution in [2.75, 3.05) is 0 Å². The molecule has 1 saturated heterocycles. The summed E-state index contributed by atoms with van der Waals surface area (Å²) in [5, 5.41) is 26.4. The van der Waals surface area contributed by atoms with Gasteiger partial charge in [0.1, 0.15) is 6.04 Å². The number of amides is 1. The van der Waals surface area contributed by atoms with E-state index in [1.165, 1.54) is 6.92 Å². The highest BCUT2D eigenvalue weighted by atomic mass is 16.4. The number of carboxylic acids is 1.